The minimum absolute atomic E-state index is 0.0714. The van der Waals surface area contributed by atoms with E-state index in [9.17, 15) is 4.79 Å². The zero-order valence-corrected chi connectivity index (χ0v) is 19.3. The molecule has 0 aromatic carbocycles. The first-order valence-electron chi connectivity index (χ1n) is 13.0. The summed E-state index contributed by atoms with van der Waals surface area (Å²) in [5.41, 5.74) is 3.97. The van der Waals surface area contributed by atoms with Gasteiger partial charge in [-0.15, -0.1) is 0 Å². The number of piperidine rings is 1. The second-order valence-corrected chi connectivity index (χ2v) is 12.3. The van der Waals surface area contributed by atoms with Crippen LogP contribution in [0.4, 0.5) is 0 Å². The van der Waals surface area contributed by atoms with Gasteiger partial charge in [0, 0.05) is 24.8 Å². The van der Waals surface area contributed by atoms with E-state index in [1.807, 2.05) is 5.57 Å². The van der Waals surface area contributed by atoms with E-state index >= 15 is 0 Å². The zero-order valence-electron chi connectivity index (χ0n) is 19.3. The lowest BCUT2D eigenvalue weighted by molar-refractivity contribution is -0.129. The van der Waals surface area contributed by atoms with E-state index in [4.69, 9.17) is 4.74 Å². The predicted molar refractivity (Wildman–Crippen MR) is 119 cm³/mol. The third-order valence-electron chi connectivity index (χ3n) is 11.2. The Balaban J connectivity index is 1.29. The number of allylic oxidation sites excluding steroid dienone is 1. The molecule has 3 saturated carbocycles. The van der Waals surface area contributed by atoms with Gasteiger partial charge in [-0.1, -0.05) is 25.0 Å². The standard InChI is InChI=1S/C27H41NO2/c1-16-15-27(17(2)25-24(30-27)5-4-12-28-25)11-9-20-21-7-6-18-13-19(29)8-10-26(18,3)23(21)14-22(16)20/h17-18,20-21,23-25,28H,4-15H2,1-3H3/t17-,18-,20+,21+,23+,24-,25+,26+,27?/m1/s1. The van der Waals surface area contributed by atoms with Crippen LogP contribution < -0.4 is 5.32 Å². The number of Topliss-reactive ketones (excluding diaryl/α,β-unsaturated/α-hetero) is 1. The van der Waals surface area contributed by atoms with E-state index in [2.05, 4.69) is 26.1 Å². The Labute approximate surface area is 182 Å². The van der Waals surface area contributed by atoms with Crippen LogP contribution in [-0.4, -0.2) is 30.1 Å². The molecule has 2 saturated heterocycles. The first-order valence-corrected chi connectivity index (χ1v) is 13.0. The van der Waals surface area contributed by atoms with Gasteiger partial charge in [-0.25, -0.2) is 0 Å². The molecule has 0 bridgehead atoms. The van der Waals surface area contributed by atoms with Crippen molar-refractivity contribution in [3.63, 3.8) is 0 Å². The summed E-state index contributed by atoms with van der Waals surface area (Å²) in [6, 6.07) is 0.566. The molecule has 1 unspecified atom stereocenters. The summed E-state index contributed by atoms with van der Waals surface area (Å²) in [4.78, 5) is 12.2. The van der Waals surface area contributed by atoms with E-state index < -0.39 is 0 Å². The first-order chi connectivity index (χ1) is 14.4. The fraction of sp³-hybridized carbons (Fsp3) is 0.889. The van der Waals surface area contributed by atoms with Crippen LogP contribution >= 0.6 is 0 Å². The monoisotopic (exact) mass is 411 g/mol. The van der Waals surface area contributed by atoms with Crippen LogP contribution in [0.2, 0.25) is 0 Å². The molecular weight excluding hydrogens is 370 g/mol. The summed E-state index contributed by atoms with van der Waals surface area (Å²) in [5, 5.41) is 3.80. The third kappa shape index (κ3) is 2.73. The average Bonchev–Trinajstić information content (AvgIpc) is 3.19. The molecule has 3 nitrogen and oxygen atoms in total. The third-order valence-corrected chi connectivity index (χ3v) is 11.2. The normalized spacial score (nSPS) is 53.2. The largest absolute Gasteiger partial charge is 0.369 e. The van der Waals surface area contributed by atoms with Gasteiger partial charge in [-0.05, 0) is 100 Å². The first kappa shape index (κ1) is 20.0. The van der Waals surface area contributed by atoms with Crippen LogP contribution in [0, 0.1) is 35.0 Å². The fourth-order valence-corrected chi connectivity index (χ4v) is 9.41. The van der Waals surface area contributed by atoms with Gasteiger partial charge < -0.3 is 10.1 Å². The summed E-state index contributed by atoms with van der Waals surface area (Å²) in [6.07, 6.45) is 13.5. The highest BCUT2D eigenvalue weighted by Gasteiger charge is 2.59. The quantitative estimate of drug-likeness (QED) is 0.540. The Morgan fingerprint density at radius 3 is 2.80 bits per heavy atom. The van der Waals surface area contributed by atoms with Crippen LogP contribution in [0.5, 0.6) is 0 Å². The van der Waals surface area contributed by atoms with Crippen molar-refractivity contribution in [3.05, 3.63) is 11.1 Å². The number of nitrogens with one attached hydrogen (secondary N) is 1. The van der Waals surface area contributed by atoms with Gasteiger partial charge in [0.15, 0.2) is 0 Å². The van der Waals surface area contributed by atoms with Crippen LogP contribution in [0.1, 0.15) is 91.4 Å². The Kier molecular flexibility index (Phi) is 4.60. The highest BCUT2D eigenvalue weighted by atomic mass is 16.5. The van der Waals surface area contributed by atoms with Gasteiger partial charge in [0.2, 0.25) is 0 Å². The lowest BCUT2D eigenvalue weighted by Crippen LogP contribution is -2.46. The Hall–Kier alpha value is -0.670. The topological polar surface area (TPSA) is 38.3 Å². The van der Waals surface area contributed by atoms with Crippen LogP contribution in [0.3, 0.4) is 0 Å². The SMILES string of the molecule is CC1=C2C[C@H]3[C@@H](CC[C@@H]4CC(=O)CC[C@@]43C)[C@@H]2CCC2(C1)O[C@@H]1CCCN[C@H]1[C@H]2C. The smallest absolute Gasteiger partial charge is 0.133 e. The number of hydrogen-bond acceptors (Lipinski definition) is 3. The highest BCUT2D eigenvalue weighted by molar-refractivity contribution is 5.79. The molecular formula is C27H41NO2. The molecule has 0 radical (unpaired) electrons. The molecule has 0 aromatic heterocycles. The molecule has 4 aliphatic carbocycles. The van der Waals surface area contributed by atoms with Crippen LogP contribution in [0.15, 0.2) is 11.1 Å². The number of ketones is 1. The van der Waals surface area contributed by atoms with Crippen molar-refractivity contribution in [3.8, 4) is 0 Å². The van der Waals surface area contributed by atoms with Crippen molar-refractivity contribution >= 4 is 5.78 Å². The summed E-state index contributed by atoms with van der Waals surface area (Å²) in [7, 11) is 0. The summed E-state index contributed by atoms with van der Waals surface area (Å²) >= 11 is 0. The Morgan fingerprint density at radius 2 is 1.97 bits per heavy atom. The number of carbonyl (C=O) groups excluding carboxylic acids is 1. The molecule has 3 heteroatoms. The predicted octanol–water partition coefficient (Wildman–Crippen LogP) is 5.43. The molecule has 6 aliphatic rings. The van der Waals surface area contributed by atoms with Gasteiger partial charge >= 0.3 is 0 Å². The summed E-state index contributed by atoms with van der Waals surface area (Å²) in [6.45, 7) is 8.64. The number of fused-ring (bicyclic) bond motifs is 6. The van der Waals surface area contributed by atoms with E-state index in [0.29, 0.717) is 35.2 Å². The second kappa shape index (κ2) is 6.91. The minimum Gasteiger partial charge on any atom is -0.369 e. The van der Waals surface area contributed by atoms with Gasteiger partial charge in [0.25, 0.3) is 0 Å². The molecule has 2 heterocycles. The molecule has 0 aromatic rings. The Bertz CT molecular complexity index is 773. The van der Waals surface area contributed by atoms with Crippen molar-refractivity contribution in [2.75, 3.05) is 6.54 Å². The lowest BCUT2D eigenvalue weighted by atomic mass is 9.52. The summed E-state index contributed by atoms with van der Waals surface area (Å²) in [5.74, 6) is 4.27. The molecule has 5 fully saturated rings. The molecule has 166 valence electrons. The number of ether oxygens (including phenoxy) is 1. The molecule has 2 aliphatic heterocycles. The van der Waals surface area contributed by atoms with Crippen molar-refractivity contribution in [1.29, 1.82) is 0 Å². The number of rotatable bonds is 0. The van der Waals surface area contributed by atoms with Crippen molar-refractivity contribution in [1.82, 2.24) is 5.32 Å². The maximum absolute atomic E-state index is 12.2. The Morgan fingerprint density at radius 1 is 1.10 bits per heavy atom. The van der Waals surface area contributed by atoms with Crippen molar-refractivity contribution < 1.29 is 9.53 Å². The second-order valence-electron chi connectivity index (χ2n) is 12.3. The van der Waals surface area contributed by atoms with Crippen LogP contribution in [0.25, 0.3) is 0 Å². The molecule has 9 atom stereocenters. The molecule has 6 rings (SSSR count). The number of carbonyl (C=O) groups is 1. The summed E-state index contributed by atoms with van der Waals surface area (Å²) < 4.78 is 6.94. The van der Waals surface area contributed by atoms with E-state index in [0.717, 1.165) is 43.4 Å². The van der Waals surface area contributed by atoms with E-state index in [1.54, 1.807) is 5.57 Å². The van der Waals surface area contributed by atoms with Gasteiger partial charge in [0.05, 0.1) is 11.7 Å². The molecule has 1 spiro atoms. The van der Waals surface area contributed by atoms with Crippen molar-refractivity contribution in [2.24, 2.45) is 35.0 Å². The highest BCUT2D eigenvalue weighted by Crippen LogP contribution is 2.64. The van der Waals surface area contributed by atoms with Crippen molar-refractivity contribution in [2.45, 2.75) is 109 Å². The fourth-order valence-electron chi connectivity index (χ4n) is 9.41. The van der Waals surface area contributed by atoms with Gasteiger partial charge in [-0.2, -0.15) is 0 Å². The van der Waals surface area contributed by atoms with Gasteiger partial charge in [-0.3, -0.25) is 4.79 Å². The molecule has 30 heavy (non-hydrogen) atoms. The zero-order chi connectivity index (χ0) is 20.7. The van der Waals surface area contributed by atoms with E-state index in [-0.39, 0.29) is 5.60 Å². The average molecular weight is 412 g/mol. The maximum Gasteiger partial charge on any atom is 0.133 e. The maximum atomic E-state index is 12.2. The lowest BCUT2D eigenvalue weighted by Gasteiger charge is -2.52. The minimum atomic E-state index is 0.0714. The van der Waals surface area contributed by atoms with Crippen LogP contribution in [-0.2, 0) is 9.53 Å². The van der Waals surface area contributed by atoms with Gasteiger partial charge in [0.1, 0.15) is 5.78 Å². The molecule has 0 amide bonds. The van der Waals surface area contributed by atoms with E-state index in [1.165, 1.54) is 51.5 Å². The molecule has 1 N–H and O–H groups in total. The number of hydrogen-bond donors (Lipinski definition) is 1.